The summed E-state index contributed by atoms with van der Waals surface area (Å²) in [6.07, 6.45) is 1.56. The zero-order valence-electron chi connectivity index (χ0n) is 14.0. The van der Waals surface area contributed by atoms with Crippen LogP contribution in [0.3, 0.4) is 0 Å². The van der Waals surface area contributed by atoms with E-state index in [0.29, 0.717) is 26.1 Å². The summed E-state index contributed by atoms with van der Waals surface area (Å²) in [5.41, 5.74) is 0. The fraction of sp³-hybridized carbons (Fsp3) is 0.588. The second-order valence-corrected chi connectivity index (χ2v) is 7.32. The molecule has 0 spiro atoms. The third-order valence-electron chi connectivity index (χ3n) is 4.81. The summed E-state index contributed by atoms with van der Waals surface area (Å²) in [6.45, 7) is 5.25. The van der Waals surface area contributed by atoms with E-state index >= 15 is 0 Å². The van der Waals surface area contributed by atoms with Crippen LogP contribution in [0.4, 0.5) is 4.79 Å². The highest BCUT2D eigenvalue weighted by Crippen LogP contribution is 2.40. The third-order valence-corrected chi connectivity index (χ3v) is 5.79. The molecule has 1 aromatic heterocycles. The maximum absolute atomic E-state index is 12.8. The van der Waals surface area contributed by atoms with Crippen LogP contribution in [0.1, 0.15) is 37.6 Å². The Labute approximate surface area is 145 Å². The lowest BCUT2D eigenvalue weighted by atomic mass is 10.00. The Morgan fingerprint density at radius 1 is 1.29 bits per heavy atom. The van der Waals surface area contributed by atoms with E-state index in [1.807, 2.05) is 31.4 Å². The van der Waals surface area contributed by atoms with Crippen molar-refractivity contribution >= 4 is 29.2 Å². The fourth-order valence-electron chi connectivity index (χ4n) is 3.58. The second-order valence-electron chi connectivity index (χ2n) is 6.34. The van der Waals surface area contributed by atoms with E-state index in [9.17, 15) is 14.4 Å². The molecule has 6 nitrogen and oxygen atoms in total. The zero-order valence-corrected chi connectivity index (χ0v) is 14.8. The van der Waals surface area contributed by atoms with Gasteiger partial charge in [-0.3, -0.25) is 14.5 Å². The molecule has 4 amide bonds. The van der Waals surface area contributed by atoms with Crippen molar-refractivity contribution in [3.05, 3.63) is 22.4 Å². The average molecular weight is 349 g/mol. The van der Waals surface area contributed by atoms with Crippen molar-refractivity contribution < 1.29 is 14.4 Å². The summed E-state index contributed by atoms with van der Waals surface area (Å²) in [6, 6.07) is 3.55. The van der Waals surface area contributed by atoms with Crippen LogP contribution in [-0.2, 0) is 9.59 Å². The number of rotatable bonds is 5. The van der Waals surface area contributed by atoms with Crippen molar-refractivity contribution in [3.8, 4) is 0 Å². The largest absolute Gasteiger partial charge is 0.338 e. The lowest BCUT2D eigenvalue weighted by Gasteiger charge is -2.27. The van der Waals surface area contributed by atoms with Crippen LogP contribution in [0.2, 0.25) is 0 Å². The van der Waals surface area contributed by atoms with E-state index in [1.54, 1.807) is 16.2 Å². The molecule has 1 aromatic rings. The van der Waals surface area contributed by atoms with Gasteiger partial charge in [-0.05, 0) is 24.3 Å². The van der Waals surface area contributed by atoms with Gasteiger partial charge in [0.1, 0.15) is 0 Å². The Kier molecular flexibility index (Phi) is 4.89. The van der Waals surface area contributed by atoms with Gasteiger partial charge in [0.2, 0.25) is 11.8 Å². The van der Waals surface area contributed by atoms with E-state index in [-0.39, 0.29) is 35.7 Å². The summed E-state index contributed by atoms with van der Waals surface area (Å²) in [7, 11) is 0. The van der Waals surface area contributed by atoms with E-state index in [1.165, 1.54) is 4.90 Å². The Morgan fingerprint density at radius 2 is 1.96 bits per heavy atom. The Bertz CT molecular complexity index is 607. The number of carbonyl (C=O) groups is 3. The predicted octanol–water partition coefficient (Wildman–Crippen LogP) is 2.24. The Balaban J connectivity index is 1.73. The molecule has 7 heteroatoms. The van der Waals surface area contributed by atoms with Gasteiger partial charge in [-0.2, -0.15) is 0 Å². The number of carbonyl (C=O) groups excluding carboxylic acids is 3. The van der Waals surface area contributed by atoms with Crippen molar-refractivity contribution in [1.29, 1.82) is 0 Å². The summed E-state index contributed by atoms with van der Waals surface area (Å²) in [4.78, 5) is 41.8. The number of likely N-dealkylation sites (tertiary alicyclic amines) is 2. The minimum Gasteiger partial charge on any atom is -0.338 e. The normalized spacial score (nSPS) is 24.4. The van der Waals surface area contributed by atoms with Crippen molar-refractivity contribution in [2.24, 2.45) is 11.8 Å². The van der Waals surface area contributed by atoms with Gasteiger partial charge in [-0.25, -0.2) is 4.79 Å². The molecule has 24 heavy (non-hydrogen) atoms. The van der Waals surface area contributed by atoms with Crippen molar-refractivity contribution in [1.82, 2.24) is 15.1 Å². The summed E-state index contributed by atoms with van der Waals surface area (Å²) in [5, 5.41) is 4.78. The van der Waals surface area contributed by atoms with Gasteiger partial charge < -0.3 is 10.2 Å². The molecule has 130 valence electrons. The molecule has 0 aliphatic carbocycles. The molecule has 2 saturated heterocycles. The molecule has 3 rings (SSSR count). The number of thiophene rings is 1. The first-order valence-electron chi connectivity index (χ1n) is 8.51. The van der Waals surface area contributed by atoms with Crippen molar-refractivity contribution in [3.63, 3.8) is 0 Å². The molecular weight excluding hydrogens is 326 g/mol. The minimum absolute atomic E-state index is 0.129. The molecule has 2 fully saturated rings. The van der Waals surface area contributed by atoms with Crippen LogP contribution in [0.15, 0.2) is 17.5 Å². The van der Waals surface area contributed by atoms with E-state index < -0.39 is 0 Å². The Morgan fingerprint density at radius 3 is 2.46 bits per heavy atom. The predicted molar refractivity (Wildman–Crippen MR) is 91.4 cm³/mol. The quantitative estimate of drug-likeness (QED) is 0.829. The van der Waals surface area contributed by atoms with Crippen LogP contribution in [0.5, 0.6) is 0 Å². The highest BCUT2D eigenvalue weighted by Gasteiger charge is 2.55. The zero-order chi connectivity index (χ0) is 17.3. The van der Waals surface area contributed by atoms with Gasteiger partial charge in [-0.1, -0.05) is 19.9 Å². The summed E-state index contributed by atoms with van der Waals surface area (Å²) < 4.78 is 0. The number of urea groups is 1. The van der Waals surface area contributed by atoms with Crippen molar-refractivity contribution in [2.45, 2.75) is 32.7 Å². The standard InChI is InChI=1S/C17H23N3O3S/c1-3-7-18-17(23)19-9-11-12(10-19)16(22)20(15(11)21)13(4-2)14-6-5-8-24-14/h5-6,8,11-13H,3-4,7,9-10H2,1-2H3,(H,18,23)/t11-,12+,13?. The van der Waals surface area contributed by atoms with E-state index in [0.717, 1.165) is 11.3 Å². The molecule has 0 radical (unpaired) electrons. The molecule has 1 N–H and O–H groups in total. The molecular formula is C17H23N3O3S. The maximum atomic E-state index is 12.8. The van der Waals surface area contributed by atoms with E-state index in [2.05, 4.69) is 5.32 Å². The maximum Gasteiger partial charge on any atom is 0.317 e. The van der Waals surface area contributed by atoms with Crippen LogP contribution in [0, 0.1) is 11.8 Å². The van der Waals surface area contributed by atoms with Gasteiger partial charge in [0, 0.05) is 24.5 Å². The molecule has 0 aromatic carbocycles. The lowest BCUT2D eigenvalue weighted by molar-refractivity contribution is -0.143. The monoisotopic (exact) mass is 349 g/mol. The topological polar surface area (TPSA) is 69.7 Å². The number of hydrogen-bond acceptors (Lipinski definition) is 4. The number of fused-ring (bicyclic) bond motifs is 1. The van der Waals surface area contributed by atoms with Gasteiger partial charge in [0.05, 0.1) is 17.9 Å². The number of hydrogen-bond donors (Lipinski definition) is 1. The molecule has 0 bridgehead atoms. The number of imide groups is 1. The molecule has 1 unspecified atom stereocenters. The average Bonchev–Trinajstić information content (AvgIpc) is 3.29. The molecule has 3 atom stereocenters. The van der Waals surface area contributed by atoms with Gasteiger partial charge in [0.25, 0.3) is 0 Å². The lowest BCUT2D eigenvalue weighted by Crippen LogP contribution is -2.43. The smallest absolute Gasteiger partial charge is 0.317 e. The van der Waals surface area contributed by atoms with E-state index in [4.69, 9.17) is 0 Å². The molecule has 0 saturated carbocycles. The fourth-order valence-corrected chi connectivity index (χ4v) is 4.48. The number of nitrogens with one attached hydrogen (secondary N) is 1. The second kappa shape index (κ2) is 6.93. The van der Waals surface area contributed by atoms with Gasteiger partial charge in [-0.15, -0.1) is 11.3 Å². The number of nitrogens with zero attached hydrogens (tertiary/aromatic N) is 2. The molecule has 2 aliphatic heterocycles. The van der Waals surface area contributed by atoms with Gasteiger partial charge >= 0.3 is 6.03 Å². The van der Waals surface area contributed by atoms with Crippen LogP contribution in [0.25, 0.3) is 0 Å². The van der Waals surface area contributed by atoms with Crippen LogP contribution >= 0.6 is 11.3 Å². The Hall–Kier alpha value is -1.89. The van der Waals surface area contributed by atoms with Crippen molar-refractivity contribution in [2.75, 3.05) is 19.6 Å². The highest BCUT2D eigenvalue weighted by atomic mass is 32.1. The summed E-state index contributed by atoms with van der Waals surface area (Å²) in [5.74, 6) is -1.04. The van der Waals surface area contributed by atoms with Gasteiger partial charge in [0.15, 0.2) is 0 Å². The first-order chi connectivity index (χ1) is 11.6. The first-order valence-corrected chi connectivity index (χ1v) is 9.39. The van der Waals surface area contributed by atoms with Crippen LogP contribution < -0.4 is 5.32 Å². The molecule has 3 heterocycles. The summed E-state index contributed by atoms with van der Waals surface area (Å²) >= 11 is 1.57. The molecule has 2 aliphatic rings. The minimum atomic E-state index is -0.390. The number of amides is 4. The third kappa shape index (κ3) is 2.81. The highest BCUT2D eigenvalue weighted by molar-refractivity contribution is 7.10. The SMILES string of the molecule is CCCNC(=O)N1C[C@@H]2C(=O)N(C(CC)c3cccs3)C(=O)[C@@H]2C1. The first kappa shape index (κ1) is 17.0. The van der Waals surface area contributed by atoms with Crippen LogP contribution in [-0.4, -0.2) is 47.3 Å².